The van der Waals surface area contributed by atoms with Crippen LogP contribution in [0.1, 0.15) is 18.2 Å². The zero-order valence-corrected chi connectivity index (χ0v) is 10.1. The summed E-state index contributed by atoms with van der Waals surface area (Å²) in [5.41, 5.74) is 2.50. The highest BCUT2D eigenvalue weighted by Crippen LogP contribution is 2.16. The molecule has 0 radical (unpaired) electrons. The van der Waals surface area contributed by atoms with E-state index in [1.165, 1.54) is 6.07 Å². The number of hydrogen-bond donors (Lipinski definition) is 1. The zero-order valence-electron chi connectivity index (χ0n) is 10.1. The van der Waals surface area contributed by atoms with Crippen LogP contribution in [-0.4, -0.2) is 9.55 Å². The lowest BCUT2D eigenvalue weighted by Crippen LogP contribution is -2.07. The number of benzene rings is 1. The quantitative estimate of drug-likeness (QED) is 0.879. The third kappa shape index (κ3) is 2.64. The lowest BCUT2D eigenvalue weighted by molar-refractivity contribution is 0.628. The third-order valence-electron chi connectivity index (χ3n) is 2.72. The van der Waals surface area contributed by atoms with Gasteiger partial charge in [-0.2, -0.15) is 0 Å². The Kier molecular flexibility index (Phi) is 3.42. The van der Waals surface area contributed by atoms with Crippen LogP contribution < -0.4 is 5.32 Å². The van der Waals surface area contributed by atoms with Crippen LogP contribution in [0.15, 0.2) is 30.7 Å². The van der Waals surface area contributed by atoms with Gasteiger partial charge in [-0.15, -0.1) is 0 Å². The lowest BCUT2D eigenvalue weighted by atomic mass is 10.2. The molecule has 0 atom stereocenters. The summed E-state index contributed by atoms with van der Waals surface area (Å²) >= 11 is 0. The van der Waals surface area contributed by atoms with Crippen molar-refractivity contribution in [3.8, 4) is 0 Å². The monoisotopic (exact) mass is 233 g/mol. The highest BCUT2D eigenvalue weighted by molar-refractivity contribution is 5.46. The Labute approximate surface area is 100 Å². The van der Waals surface area contributed by atoms with Gasteiger partial charge in [-0.3, -0.25) is 0 Å². The van der Waals surface area contributed by atoms with E-state index in [-0.39, 0.29) is 5.82 Å². The molecule has 17 heavy (non-hydrogen) atoms. The summed E-state index contributed by atoms with van der Waals surface area (Å²) in [7, 11) is 0. The minimum absolute atomic E-state index is 0.215. The van der Waals surface area contributed by atoms with Gasteiger partial charge in [0, 0.05) is 12.7 Å². The Hall–Kier alpha value is -1.84. The number of anilines is 1. The van der Waals surface area contributed by atoms with E-state index in [0.717, 1.165) is 17.8 Å². The molecule has 0 amide bonds. The van der Waals surface area contributed by atoms with Crippen molar-refractivity contribution in [2.75, 3.05) is 5.32 Å². The first-order valence-corrected chi connectivity index (χ1v) is 5.69. The summed E-state index contributed by atoms with van der Waals surface area (Å²) in [6, 6.07) is 5.18. The molecular weight excluding hydrogens is 217 g/mol. The number of aromatic nitrogens is 2. The van der Waals surface area contributed by atoms with Crippen molar-refractivity contribution in [1.29, 1.82) is 0 Å². The highest BCUT2D eigenvalue weighted by Gasteiger charge is 2.04. The van der Waals surface area contributed by atoms with Crippen LogP contribution in [0.2, 0.25) is 0 Å². The minimum atomic E-state index is -0.215. The van der Waals surface area contributed by atoms with E-state index in [9.17, 15) is 4.39 Å². The number of hydrogen-bond acceptors (Lipinski definition) is 2. The van der Waals surface area contributed by atoms with Gasteiger partial charge in [0.05, 0.1) is 24.3 Å². The number of halogens is 1. The van der Waals surface area contributed by atoms with E-state index < -0.39 is 0 Å². The van der Waals surface area contributed by atoms with Crippen molar-refractivity contribution in [3.63, 3.8) is 0 Å². The fourth-order valence-electron chi connectivity index (χ4n) is 1.73. The molecule has 0 spiro atoms. The topological polar surface area (TPSA) is 29.9 Å². The molecule has 0 aliphatic rings. The van der Waals surface area contributed by atoms with E-state index in [4.69, 9.17) is 0 Å². The van der Waals surface area contributed by atoms with Crippen molar-refractivity contribution < 1.29 is 4.39 Å². The molecule has 1 aromatic carbocycles. The number of rotatable bonds is 4. The number of imidazole rings is 1. The van der Waals surface area contributed by atoms with Gasteiger partial charge in [-0.25, -0.2) is 9.37 Å². The number of nitrogens with one attached hydrogen (secondary N) is 1. The van der Waals surface area contributed by atoms with Crippen molar-refractivity contribution >= 4 is 5.69 Å². The molecule has 4 heteroatoms. The number of nitrogens with zero attached hydrogens (tertiary/aromatic N) is 2. The molecule has 0 saturated heterocycles. The Morgan fingerprint density at radius 2 is 2.24 bits per heavy atom. The Bertz CT molecular complexity index is 505. The molecule has 0 bridgehead atoms. The smallest absolute Gasteiger partial charge is 0.146 e. The molecule has 1 heterocycles. The normalized spacial score (nSPS) is 10.5. The van der Waals surface area contributed by atoms with Crippen molar-refractivity contribution in [2.45, 2.75) is 26.9 Å². The first-order valence-electron chi connectivity index (χ1n) is 5.69. The van der Waals surface area contributed by atoms with E-state index in [2.05, 4.69) is 17.2 Å². The zero-order chi connectivity index (χ0) is 12.3. The summed E-state index contributed by atoms with van der Waals surface area (Å²) in [6.45, 7) is 5.37. The Balaban J connectivity index is 2.07. The van der Waals surface area contributed by atoms with Gasteiger partial charge in [0.25, 0.3) is 0 Å². The van der Waals surface area contributed by atoms with Gasteiger partial charge >= 0.3 is 0 Å². The fraction of sp³-hybridized carbons (Fsp3) is 0.308. The maximum Gasteiger partial charge on any atom is 0.146 e. The second-order valence-electron chi connectivity index (χ2n) is 4.01. The molecule has 0 unspecified atom stereocenters. The summed E-state index contributed by atoms with van der Waals surface area (Å²) in [4.78, 5) is 4.07. The summed E-state index contributed by atoms with van der Waals surface area (Å²) in [5.74, 6) is -0.215. The van der Waals surface area contributed by atoms with E-state index >= 15 is 0 Å². The molecule has 0 saturated carbocycles. The SMILES string of the molecule is CCn1cncc1CNc1ccc(C)cc1F. The minimum Gasteiger partial charge on any atom is -0.377 e. The summed E-state index contributed by atoms with van der Waals surface area (Å²) in [6.07, 6.45) is 3.57. The predicted octanol–water partition coefficient (Wildman–Crippen LogP) is 2.96. The maximum absolute atomic E-state index is 13.6. The molecule has 90 valence electrons. The van der Waals surface area contributed by atoms with Crippen LogP contribution in [0.25, 0.3) is 0 Å². The molecule has 3 nitrogen and oxygen atoms in total. The van der Waals surface area contributed by atoms with Crippen molar-refractivity contribution in [2.24, 2.45) is 0 Å². The highest BCUT2D eigenvalue weighted by atomic mass is 19.1. The predicted molar refractivity (Wildman–Crippen MR) is 66.4 cm³/mol. The average Bonchev–Trinajstić information content (AvgIpc) is 2.75. The molecule has 0 fully saturated rings. The second kappa shape index (κ2) is 4.99. The summed E-state index contributed by atoms with van der Waals surface area (Å²) in [5, 5.41) is 3.08. The van der Waals surface area contributed by atoms with Gasteiger partial charge in [0.1, 0.15) is 5.82 Å². The second-order valence-corrected chi connectivity index (χ2v) is 4.01. The molecule has 0 aliphatic heterocycles. The number of aryl methyl sites for hydroxylation is 2. The first kappa shape index (κ1) is 11.6. The standard InChI is InChI=1S/C13H16FN3/c1-3-17-9-15-7-11(17)8-16-13-5-4-10(2)6-12(13)14/h4-7,9,16H,3,8H2,1-2H3. The lowest BCUT2D eigenvalue weighted by Gasteiger charge is -2.09. The van der Waals surface area contributed by atoms with E-state index in [0.29, 0.717) is 12.2 Å². The fourth-order valence-corrected chi connectivity index (χ4v) is 1.73. The van der Waals surface area contributed by atoms with Crippen molar-refractivity contribution in [3.05, 3.63) is 47.8 Å². The molecule has 1 N–H and O–H groups in total. The molecule has 1 aromatic heterocycles. The van der Waals surface area contributed by atoms with Gasteiger partial charge in [0.15, 0.2) is 0 Å². The molecule has 0 aliphatic carbocycles. The van der Waals surface area contributed by atoms with Crippen molar-refractivity contribution in [1.82, 2.24) is 9.55 Å². The molecule has 2 rings (SSSR count). The Morgan fingerprint density at radius 1 is 1.41 bits per heavy atom. The Morgan fingerprint density at radius 3 is 2.94 bits per heavy atom. The van der Waals surface area contributed by atoms with E-state index in [1.807, 2.05) is 17.6 Å². The van der Waals surface area contributed by atoms with Crippen LogP contribution in [0, 0.1) is 12.7 Å². The first-order chi connectivity index (χ1) is 8.20. The van der Waals surface area contributed by atoms with Crippen LogP contribution in [-0.2, 0) is 13.1 Å². The third-order valence-corrected chi connectivity index (χ3v) is 2.72. The van der Waals surface area contributed by atoms with Crippen LogP contribution in [0.5, 0.6) is 0 Å². The van der Waals surface area contributed by atoms with Crippen LogP contribution >= 0.6 is 0 Å². The summed E-state index contributed by atoms with van der Waals surface area (Å²) < 4.78 is 15.6. The van der Waals surface area contributed by atoms with Gasteiger partial charge < -0.3 is 9.88 Å². The molecule has 2 aromatic rings. The maximum atomic E-state index is 13.6. The van der Waals surface area contributed by atoms with Gasteiger partial charge in [-0.05, 0) is 31.5 Å². The molecular formula is C13H16FN3. The van der Waals surface area contributed by atoms with Gasteiger partial charge in [-0.1, -0.05) is 6.07 Å². The van der Waals surface area contributed by atoms with Gasteiger partial charge in [0.2, 0.25) is 0 Å². The largest absolute Gasteiger partial charge is 0.377 e. The van der Waals surface area contributed by atoms with Crippen LogP contribution in [0.4, 0.5) is 10.1 Å². The average molecular weight is 233 g/mol. The van der Waals surface area contributed by atoms with Crippen LogP contribution in [0.3, 0.4) is 0 Å². The van der Waals surface area contributed by atoms with E-state index in [1.54, 1.807) is 18.6 Å².